The maximum absolute atomic E-state index is 11.9. The Kier molecular flexibility index (Phi) is 2.67. The SMILES string of the molecule is COc1ccc2c(c1)C1CC2C(OC)C1C(C)=O. The largest absolute Gasteiger partial charge is 0.497 e. The lowest BCUT2D eigenvalue weighted by atomic mass is 9.79. The predicted molar refractivity (Wildman–Crippen MR) is 68.1 cm³/mol. The molecule has 0 radical (unpaired) electrons. The van der Waals surface area contributed by atoms with Crippen molar-refractivity contribution in [2.75, 3.05) is 14.2 Å². The Hall–Kier alpha value is -1.35. The van der Waals surface area contributed by atoms with Crippen LogP contribution in [0.2, 0.25) is 0 Å². The third-order valence-corrected chi connectivity index (χ3v) is 4.53. The van der Waals surface area contributed by atoms with Crippen molar-refractivity contribution in [1.82, 2.24) is 0 Å². The number of ketones is 1. The molecule has 96 valence electrons. The summed E-state index contributed by atoms with van der Waals surface area (Å²) in [5.41, 5.74) is 2.62. The monoisotopic (exact) mass is 246 g/mol. The Labute approximate surface area is 107 Å². The molecule has 3 rings (SSSR count). The summed E-state index contributed by atoms with van der Waals surface area (Å²) in [5, 5.41) is 0. The highest BCUT2D eigenvalue weighted by Crippen LogP contribution is 2.57. The maximum atomic E-state index is 11.9. The van der Waals surface area contributed by atoms with Crippen molar-refractivity contribution < 1.29 is 14.3 Å². The molecule has 0 N–H and O–H groups in total. The Morgan fingerprint density at radius 2 is 2.00 bits per heavy atom. The van der Waals surface area contributed by atoms with E-state index in [-0.39, 0.29) is 17.8 Å². The van der Waals surface area contributed by atoms with Crippen LogP contribution in [0.1, 0.15) is 36.3 Å². The minimum atomic E-state index is 0.0135. The van der Waals surface area contributed by atoms with Crippen LogP contribution < -0.4 is 4.74 Å². The van der Waals surface area contributed by atoms with E-state index in [1.165, 1.54) is 11.1 Å². The quantitative estimate of drug-likeness (QED) is 0.822. The molecule has 2 aliphatic carbocycles. The predicted octanol–water partition coefficient (Wildman–Crippen LogP) is 2.50. The van der Waals surface area contributed by atoms with E-state index in [4.69, 9.17) is 9.47 Å². The summed E-state index contributed by atoms with van der Waals surface area (Å²) in [6.07, 6.45) is 1.08. The van der Waals surface area contributed by atoms with Crippen molar-refractivity contribution in [2.24, 2.45) is 5.92 Å². The van der Waals surface area contributed by atoms with Crippen molar-refractivity contribution >= 4 is 5.78 Å². The summed E-state index contributed by atoms with van der Waals surface area (Å²) in [5.74, 6) is 1.80. The summed E-state index contributed by atoms with van der Waals surface area (Å²) < 4.78 is 10.9. The molecule has 4 unspecified atom stereocenters. The van der Waals surface area contributed by atoms with E-state index in [0.717, 1.165) is 12.2 Å². The Morgan fingerprint density at radius 3 is 2.61 bits per heavy atom. The van der Waals surface area contributed by atoms with Gasteiger partial charge in [0.05, 0.1) is 19.1 Å². The van der Waals surface area contributed by atoms with Gasteiger partial charge in [0.15, 0.2) is 0 Å². The van der Waals surface area contributed by atoms with Gasteiger partial charge < -0.3 is 9.47 Å². The van der Waals surface area contributed by atoms with Gasteiger partial charge in [0.2, 0.25) is 0 Å². The number of methoxy groups -OCH3 is 2. The summed E-state index contributed by atoms with van der Waals surface area (Å²) >= 11 is 0. The number of ether oxygens (including phenoxy) is 2. The molecule has 0 aliphatic heterocycles. The molecular weight excluding hydrogens is 228 g/mol. The molecule has 1 saturated carbocycles. The van der Waals surface area contributed by atoms with Gasteiger partial charge in [-0.2, -0.15) is 0 Å². The van der Waals surface area contributed by atoms with Crippen molar-refractivity contribution in [2.45, 2.75) is 31.3 Å². The molecule has 18 heavy (non-hydrogen) atoms. The van der Waals surface area contributed by atoms with E-state index in [0.29, 0.717) is 11.8 Å². The molecule has 0 amide bonds. The molecule has 0 heterocycles. The van der Waals surface area contributed by atoms with Gasteiger partial charge in [0.25, 0.3) is 0 Å². The first-order valence-electron chi connectivity index (χ1n) is 6.38. The molecule has 1 fully saturated rings. The van der Waals surface area contributed by atoms with Gasteiger partial charge in [-0.25, -0.2) is 0 Å². The fourth-order valence-electron chi connectivity index (χ4n) is 3.82. The Balaban J connectivity index is 2.06. The van der Waals surface area contributed by atoms with Gasteiger partial charge in [-0.1, -0.05) is 6.07 Å². The van der Waals surface area contributed by atoms with Crippen LogP contribution in [0.5, 0.6) is 5.75 Å². The molecule has 2 aliphatic rings. The van der Waals surface area contributed by atoms with Gasteiger partial charge >= 0.3 is 0 Å². The van der Waals surface area contributed by atoms with Crippen LogP contribution >= 0.6 is 0 Å². The molecule has 2 bridgehead atoms. The van der Waals surface area contributed by atoms with E-state index >= 15 is 0 Å². The fraction of sp³-hybridized carbons (Fsp3) is 0.533. The number of Topliss-reactive ketones (excluding diaryl/α,β-unsaturated/α-hetero) is 1. The van der Waals surface area contributed by atoms with E-state index in [9.17, 15) is 4.79 Å². The van der Waals surface area contributed by atoms with Crippen molar-refractivity contribution in [3.63, 3.8) is 0 Å². The zero-order chi connectivity index (χ0) is 12.9. The summed E-state index contributed by atoms with van der Waals surface area (Å²) in [4.78, 5) is 11.9. The highest BCUT2D eigenvalue weighted by atomic mass is 16.5. The second kappa shape index (κ2) is 4.09. The average molecular weight is 246 g/mol. The van der Waals surface area contributed by atoms with E-state index < -0.39 is 0 Å². The van der Waals surface area contributed by atoms with Gasteiger partial charge in [-0.05, 0) is 42.5 Å². The molecule has 0 aromatic heterocycles. The van der Waals surface area contributed by atoms with Crippen molar-refractivity contribution in [3.05, 3.63) is 29.3 Å². The van der Waals surface area contributed by atoms with Crippen molar-refractivity contribution in [3.8, 4) is 5.75 Å². The molecule has 0 spiro atoms. The zero-order valence-electron chi connectivity index (χ0n) is 11.0. The normalized spacial score (nSPS) is 32.4. The second-order valence-electron chi connectivity index (χ2n) is 5.28. The van der Waals surface area contributed by atoms with Crippen LogP contribution in [0, 0.1) is 5.92 Å². The highest BCUT2D eigenvalue weighted by Gasteiger charge is 2.53. The topological polar surface area (TPSA) is 35.5 Å². The van der Waals surface area contributed by atoms with E-state index in [2.05, 4.69) is 12.1 Å². The average Bonchev–Trinajstić information content (AvgIpc) is 2.93. The molecule has 0 saturated heterocycles. The van der Waals surface area contributed by atoms with E-state index in [1.807, 2.05) is 6.07 Å². The number of carbonyl (C=O) groups is 1. The number of hydrogen-bond donors (Lipinski definition) is 0. The number of hydrogen-bond acceptors (Lipinski definition) is 3. The molecule has 4 atom stereocenters. The lowest BCUT2D eigenvalue weighted by molar-refractivity contribution is -0.125. The zero-order valence-corrected chi connectivity index (χ0v) is 11.0. The summed E-state index contributed by atoms with van der Waals surface area (Å²) in [7, 11) is 3.39. The first kappa shape index (κ1) is 11.7. The third kappa shape index (κ3) is 1.43. The van der Waals surface area contributed by atoms with Crippen LogP contribution in [0.3, 0.4) is 0 Å². The van der Waals surface area contributed by atoms with Crippen LogP contribution in [-0.2, 0) is 9.53 Å². The number of rotatable bonds is 3. The minimum Gasteiger partial charge on any atom is -0.497 e. The molecule has 1 aromatic carbocycles. The first-order chi connectivity index (χ1) is 8.67. The van der Waals surface area contributed by atoms with Crippen LogP contribution in [0.25, 0.3) is 0 Å². The molecule has 3 nitrogen and oxygen atoms in total. The van der Waals surface area contributed by atoms with Crippen LogP contribution in [0.4, 0.5) is 0 Å². The smallest absolute Gasteiger partial charge is 0.136 e. The first-order valence-corrected chi connectivity index (χ1v) is 6.38. The number of carbonyl (C=O) groups excluding carboxylic acids is 1. The molecule has 3 heteroatoms. The van der Waals surface area contributed by atoms with Gasteiger partial charge in [-0.15, -0.1) is 0 Å². The minimum absolute atomic E-state index is 0.0135. The number of fused-ring (bicyclic) bond motifs is 5. The van der Waals surface area contributed by atoms with Crippen LogP contribution in [0.15, 0.2) is 18.2 Å². The fourth-order valence-corrected chi connectivity index (χ4v) is 3.82. The maximum Gasteiger partial charge on any atom is 0.136 e. The Bertz CT molecular complexity index is 495. The van der Waals surface area contributed by atoms with Crippen LogP contribution in [-0.4, -0.2) is 26.1 Å². The number of benzene rings is 1. The van der Waals surface area contributed by atoms with Crippen molar-refractivity contribution in [1.29, 1.82) is 0 Å². The summed E-state index contributed by atoms with van der Waals surface area (Å²) in [6, 6.07) is 6.21. The van der Waals surface area contributed by atoms with E-state index in [1.54, 1.807) is 21.1 Å². The summed E-state index contributed by atoms with van der Waals surface area (Å²) in [6.45, 7) is 1.68. The lowest BCUT2D eigenvalue weighted by Crippen LogP contribution is -2.33. The Morgan fingerprint density at radius 1 is 1.22 bits per heavy atom. The third-order valence-electron chi connectivity index (χ3n) is 4.53. The second-order valence-corrected chi connectivity index (χ2v) is 5.28. The molecule has 1 aromatic rings. The van der Waals surface area contributed by atoms with Gasteiger partial charge in [0, 0.05) is 13.0 Å². The highest BCUT2D eigenvalue weighted by molar-refractivity contribution is 5.82. The van der Waals surface area contributed by atoms with Gasteiger partial charge in [-0.3, -0.25) is 4.79 Å². The standard InChI is InChI=1S/C15H18O3/c1-8(16)14-12-7-13(15(14)18-3)10-5-4-9(17-2)6-11(10)12/h4-6,12-15H,7H2,1-3H3. The molecular formula is C15H18O3. The lowest BCUT2D eigenvalue weighted by Gasteiger charge is -2.30. The van der Waals surface area contributed by atoms with Gasteiger partial charge in [0.1, 0.15) is 11.5 Å².